The van der Waals surface area contributed by atoms with Gasteiger partial charge in [-0.25, -0.2) is 0 Å². The van der Waals surface area contributed by atoms with Crippen LogP contribution < -0.4 is 15.1 Å². The molecule has 58 heavy (non-hydrogen) atoms. The predicted octanol–water partition coefficient (Wildman–Crippen LogP) is 15.5. The van der Waals surface area contributed by atoms with Gasteiger partial charge in [-0.15, -0.1) is 0 Å². The second-order valence-electron chi connectivity index (χ2n) is 16.2. The first kappa shape index (κ1) is 40.4. The molecule has 0 saturated carbocycles. The molecule has 0 aliphatic rings. The van der Waals surface area contributed by atoms with Crippen LogP contribution >= 0.6 is 0 Å². The lowest BCUT2D eigenvalue weighted by molar-refractivity contribution is 0.782. The second-order valence-corrected chi connectivity index (χ2v) is 16.2. The maximum absolute atomic E-state index is 3.84. The third kappa shape index (κ3) is 8.41. The fourth-order valence-electron chi connectivity index (χ4n) is 8.91. The lowest BCUT2D eigenvalue weighted by Gasteiger charge is -2.30. The number of unbranched alkanes of at least 4 members (excludes halogenated alkanes) is 2. The van der Waals surface area contributed by atoms with E-state index in [2.05, 4.69) is 210 Å². The SMILES string of the molecule is CCCCN(c1ccc(C(c2ccc(N(CCCC)c3c(C)cccc3C)cc2)c2ccc(Nc3c(C)cccc3C)c3ccccc23)cc1)c1c(C)cccc1C. The maximum Gasteiger partial charge on any atom is 0.0470 e. The van der Waals surface area contributed by atoms with Crippen molar-refractivity contribution in [1.29, 1.82) is 0 Å². The lowest BCUT2D eigenvalue weighted by atomic mass is 9.82. The molecule has 0 aliphatic heterocycles. The Bertz CT molecular complexity index is 2310. The molecule has 7 aromatic carbocycles. The highest BCUT2D eigenvalue weighted by Crippen LogP contribution is 2.42. The van der Waals surface area contributed by atoms with Crippen LogP contribution in [0, 0.1) is 41.5 Å². The number of nitrogens with one attached hydrogen (secondary N) is 1. The zero-order chi connectivity index (χ0) is 40.8. The topological polar surface area (TPSA) is 18.5 Å². The molecule has 0 unspecified atom stereocenters. The standard InChI is InChI=1S/C55H61N3/c1-9-11-36-57(54-40(5)20-16-21-41(54)6)46-30-26-44(27-31-46)52(45-28-32-47(33-29-45)58(37-12-10-2)55-42(7)22-17-23-43(55)8)50-34-35-51(49-25-14-13-24-48(49)50)56-53-38(3)18-15-19-39(53)4/h13-35,52,56H,9-12,36-37H2,1-8H3. The fourth-order valence-corrected chi connectivity index (χ4v) is 8.91. The van der Waals surface area contributed by atoms with E-state index in [1.54, 1.807) is 0 Å². The van der Waals surface area contributed by atoms with Crippen LogP contribution in [0.2, 0.25) is 0 Å². The Hall–Kier alpha value is -5.80. The molecule has 296 valence electrons. The van der Waals surface area contributed by atoms with E-state index in [9.17, 15) is 0 Å². The van der Waals surface area contributed by atoms with E-state index >= 15 is 0 Å². The number of anilines is 6. The molecule has 0 radical (unpaired) electrons. The summed E-state index contributed by atoms with van der Waals surface area (Å²) in [6, 6.07) is 52.3. The van der Waals surface area contributed by atoms with Crippen molar-refractivity contribution in [1.82, 2.24) is 0 Å². The highest BCUT2D eigenvalue weighted by atomic mass is 15.1. The van der Waals surface area contributed by atoms with Crippen molar-refractivity contribution in [3.8, 4) is 0 Å². The van der Waals surface area contributed by atoms with Crippen LogP contribution in [0.4, 0.5) is 34.1 Å². The van der Waals surface area contributed by atoms with Crippen molar-refractivity contribution < 1.29 is 0 Å². The van der Waals surface area contributed by atoms with Gasteiger partial charge in [-0.1, -0.05) is 136 Å². The first-order valence-electron chi connectivity index (χ1n) is 21.4. The van der Waals surface area contributed by atoms with E-state index in [4.69, 9.17) is 0 Å². The number of aryl methyl sites for hydroxylation is 6. The molecule has 0 spiro atoms. The summed E-state index contributed by atoms with van der Waals surface area (Å²) in [7, 11) is 0. The summed E-state index contributed by atoms with van der Waals surface area (Å²) in [6.07, 6.45) is 4.57. The minimum Gasteiger partial charge on any atom is -0.355 e. The third-order valence-electron chi connectivity index (χ3n) is 12.0. The molecule has 0 aliphatic carbocycles. The summed E-state index contributed by atoms with van der Waals surface area (Å²) >= 11 is 0. The minimum atomic E-state index is 0.0239. The van der Waals surface area contributed by atoms with Gasteiger partial charge in [0.1, 0.15) is 0 Å². The fraction of sp³-hybridized carbons (Fsp3) is 0.273. The van der Waals surface area contributed by atoms with E-state index in [1.165, 1.54) is 89.3 Å². The summed E-state index contributed by atoms with van der Waals surface area (Å²) in [6.45, 7) is 19.9. The molecule has 0 aromatic heterocycles. The van der Waals surface area contributed by atoms with Gasteiger partial charge in [-0.3, -0.25) is 0 Å². The molecular formula is C55H61N3. The number of para-hydroxylation sites is 3. The van der Waals surface area contributed by atoms with Crippen LogP contribution in [0.25, 0.3) is 10.8 Å². The first-order valence-corrected chi connectivity index (χ1v) is 21.4. The lowest BCUT2D eigenvalue weighted by Crippen LogP contribution is -2.20. The van der Waals surface area contributed by atoms with Gasteiger partial charge in [0.15, 0.2) is 0 Å². The Balaban J connectivity index is 1.36. The van der Waals surface area contributed by atoms with Gasteiger partial charge in [0.2, 0.25) is 0 Å². The van der Waals surface area contributed by atoms with Gasteiger partial charge in [0, 0.05) is 58.5 Å². The van der Waals surface area contributed by atoms with Gasteiger partial charge < -0.3 is 15.1 Å². The van der Waals surface area contributed by atoms with E-state index in [0.717, 1.165) is 44.5 Å². The van der Waals surface area contributed by atoms with E-state index < -0.39 is 0 Å². The van der Waals surface area contributed by atoms with Crippen molar-refractivity contribution >= 4 is 44.9 Å². The highest BCUT2D eigenvalue weighted by molar-refractivity contribution is 5.98. The Labute approximate surface area is 348 Å². The number of nitrogens with zero attached hydrogens (tertiary/aromatic N) is 2. The zero-order valence-electron chi connectivity index (χ0n) is 36.0. The number of benzene rings is 7. The Morgan fingerprint density at radius 3 is 1.28 bits per heavy atom. The van der Waals surface area contributed by atoms with Crippen LogP contribution in [0.15, 0.2) is 140 Å². The minimum absolute atomic E-state index is 0.0239. The molecule has 0 bridgehead atoms. The van der Waals surface area contributed by atoms with Crippen molar-refractivity contribution in [3.05, 3.63) is 190 Å². The molecule has 7 rings (SSSR count). The van der Waals surface area contributed by atoms with E-state index in [-0.39, 0.29) is 5.92 Å². The number of hydrogen-bond acceptors (Lipinski definition) is 3. The molecule has 0 amide bonds. The summed E-state index contributed by atoms with van der Waals surface area (Å²) in [5.74, 6) is 0.0239. The van der Waals surface area contributed by atoms with Gasteiger partial charge in [0.25, 0.3) is 0 Å². The molecule has 0 atom stereocenters. The largest absolute Gasteiger partial charge is 0.355 e. The normalized spacial score (nSPS) is 11.3. The highest BCUT2D eigenvalue weighted by Gasteiger charge is 2.23. The smallest absolute Gasteiger partial charge is 0.0470 e. The summed E-state index contributed by atoms with van der Waals surface area (Å²) < 4.78 is 0. The van der Waals surface area contributed by atoms with Crippen LogP contribution in [0.5, 0.6) is 0 Å². The quantitative estimate of drug-likeness (QED) is 0.105. The van der Waals surface area contributed by atoms with E-state index in [1.807, 2.05) is 0 Å². The number of hydrogen-bond donors (Lipinski definition) is 1. The van der Waals surface area contributed by atoms with Gasteiger partial charge in [0.05, 0.1) is 0 Å². The molecule has 7 aromatic rings. The number of fused-ring (bicyclic) bond motifs is 1. The van der Waals surface area contributed by atoms with Crippen molar-refractivity contribution in [2.45, 2.75) is 87.0 Å². The molecule has 3 heteroatoms. The summed E-state index contributed by atoms with van der Waals surface area (Å²) in [5, 5.41) is 6.33. The van der Waals surface area contributed by atoms with Crippen molar-refractivity contribution in [2.75, 3.05) is 28.2 Å². The van der Waals surface area contributed by atoms with Crippen molar-refractivity contribution in [2.24, 2.45) is 0 Å². The molecule has 0 saturated heterocycles. The van der Waals surface area contributed by atoms with Crippen LogP contribution in [0.3, 0.4) is 0 Å². The van der Waals surface area contributed by atoms with Gasteiger partial charge in [-0.2, -0.15) is 0 Å². The van der Waals surface area contributed by atoms with Crippen molar-refractivity contribution in [3.63, 3.8) is 0 Å². The van der Waals surface area contributed by atoms with Crippen LogP contribution in [-0.4, -0.2) is 13.1 Å². The zero-order valence-corrected chi connectivity index (χ0v) is 36.0. The first-order chi connectivity index (χ1) is 28.2. The predicted molar refractivity (Wildman–Crippen MR) is 253 cm³/mol. The third-order valence-corrected chi connectivity index (χ3v) is 12.0. The van der Waals surface area contributed by atoms with Crippen LogP contribution in [-0.2, 0) is 0 Å². The monoisotopic (exact) mass is 763 g/mol. The van der Waals surface area contributed by atoms with Crippen LogP contribution in [0.1, 0.15) is 95.5 Å². The molecule has 1 N–H and O–H groups in total. The Morgan fingerprint density at radius 1 is 0.431 bits per heavy atom. The Kier molecular flexibility index (Phi) is 12.7. The Morgan fingerprint density at radius 2 is 0.845 bits per heavy atom. The second kappa shape index (κ2) is 18.2. The number of rotatable bonds is 15. The van der Waals surface area contributed by atoms with Gasteiger partial charge in [-0.05, 0) is 140 Å². The molecular weight excluding hydrogens is 703 g/mol. The maximum atomic E-state index is 3.84. The molecule has 0 heterocycles. The summed E-state index contributed by atoms with van der Waals surface area (Å²) in [5.41, 5.74) is 19.0. The average Bonchev–Trinajstić information content (AvgIpc) is 3.23. The average molecular weight is 764 g/mol. The van der Waals surface area contributed by atoms with E-state index in [0.29, 0.717) is 0 Å². The molecule has 3 nitrogen and oxygen atoms in total. The summed E-state index contributed by atoms with van der Waals surface area (Å²) in [4.78, 5) is 5.06. The molecule has 0 fully saturated rings. The van der Waals surface area contributed by atoms with Gasteiger partial charge >= 0.3 is 0 Å².